The Labute approximate surface area is 89.6 Å². The highest BCUT2D eigenvalue weighted by atomic mass is 16.5. The first kappa shape index (κ1) is 10.2. The van der Waals surface area contributed by atoms with Gasteiger partial charge in [0.2, 0.25) is 5.88 Å². The van der Waals surface area contributed by atoms with Crippen LogP contribution in [0.25, 0.3) is 0 Å². The minimum atomic E-state index is 0.408. The fraction of sp³-hybridized carbons (Fsp3) is 0.545. The van der Waals surface area contributed by atoms with Crippen LogP contribution >= 0.6 is 0 Å². The lowest BCUT2D eigenvalue weighted by atomic mass is 10.1. The summed E-state index contributed by atoms with van der Waals surface area (Å²) in [5.41, 5.74) is 1.04. The number of ether oxygens (including phenoxy) is 2. The molecule has 0 amide bonds. The van der Waals surface area contributed by atoms with Crippen LogP contribution in [0.3, 0.4) is 0 Å². The number of hydrogen-bond donors (Lipinski definition) is 1. The lowest BCUT2D eigenvalue weighted by Gasteiger charge is -2.24. The van der Waals surface area contributed by atoms with E-state index in [-0.39, 0.29) is 0 Å². The number of hydrogen-bond acceptors (Lipinski definition) is 4. The molecule has 15 heavy (non-hydrogen) atoms. The third-order valence-electron chi connectivity index (χ3n) is 2.48. The molecular weight excluding hydrogens is 192 g/mol. The zero-order valence-corrected chi connectivity index (χ0v) is 8.90. The summed E-state index contributed by atoms with van der Waals surface area (Å²) >= 11 is 0. The molecule has 4 heteroatoms. The summed E-state index contributed by atoms with van der Waals surface area (Å²) < 4.78 is 10.5. The maximum Gasteiger partial charge on any atom is 0.214 e. The van der Waals surface area contributed by atoms with Crippen LogP contribution in [0.5, 0.6) is 5.88 Å². The van der Waals surface area contributed by atoms with Crippen molar-refractivity contribution in [1.29, 1.82) is 0 Å². The minimum absolute atomic E-state index is 0.408. The highest BCUT2D eigenvalue weighted by Gasteiger charge is 2.13. The van der Waals surface area contributed by atoms with E-state index in [0.29, 0.717) is 11.9 Å². The predicted molar refractivity (Wildman–Crippen MR) is 58.3 cm³/mol. The van der Waals surface area contributed by atoms with Gasteiger partial charge in [0, 0.05) is 30.6 Å². The van der Waals surface area contributed by atoms with Crippen LogP contribution in [0.4, 0.5) is 5.69 Å². The minimum Gasteiger partial charge on any atom is -0.481 e. The number of rotatable bonds is 3. The molecule has 82 valence electrons. The summed E-state index contributed by atoms with van der Waals surface area (Å²) in [7, 11) is 1.62. The molecule has 2 heterocycles. The van der Waals surface area contributed by atoms with Crippen LogP contribution in [-0.4, -0.2) is 31.3 Å². The standard InChI is InChI=1S/C11H16N2O2/c1-14-11-7-9(4-5-12-11)13-10-3-2-6-15-8-10/h4-5,7,10H,2-3,6,8H2,1H3,(H,12,13). The molecule has 1 fully saturated rings. The first-order valence-electron chi connectivity index (χ1n) is 5.23. The van der Waals surface area contributed by atoms with Crippen molar-refractivity contribution in [3.63, 3.8) is 0 Å². The molecule has 1 saturated heterocycles. The maximum atomic E-state index is 5.40. The molecular formula is C11H16N2O2. The van der Waals surface area contributed by atoms with E-state index in [2.05, 4.69) is 10.3 Å². The number of nitrogens with one attached hydrogen (secondary N) is 1. The second kappa shape index (κ2) is 4.98. The number of pyridine rings is 1. The van der Waals surface area contributed by atoms with Crippen molar-refractivity contribution < 1.29 is 9.47 Å². The Hall–Kier alpha value is -1.29. The van der Waals surface area contributed by atoms with Crippen LogP contribution in [-0.2, 0) is 4.74 Å². The zero-order valence-electron chi connectivity index (χ0n) is 8.90. The Morgan fingerprint density at radius 2 is 2.53 bits per heavy atom. The molecule has 4 nitrogen and oxygen atoms in total. The molecule has 2 rings (SSSR count). The van der Waals surface area contributed by atoms with Gasteiger partial charge in [-0.15, -0.1) is 0 Å². The molecule has 1 aliphatic rings. The van der Waals surface area contributed by atoms with Crippen LogP contribution < -0.4 is 10.1 Å². The lowest BCUT2D eigenvalue weighted by Crippen LogP contribution is -2.29. The topological polar surface area (TPSA) is 43.4 Å². The molecule has 1 N–H and O–H groups in total. The van der Waals surface area contributed by atoms with E-state index >= 15 is 0 Å². The van der Waals surface area contributed by atoms with Gasteiger partial charge in [-0.25, -0.2) is 4.98 Å². The smallest absolute Gasteiger partial charge is 0.214 e. The van der Waals surface area contributed by atoms with E-state index in [4.69, 9.17) is 9.47 Å². The molecule has 0 aliphatic carbocycles. The normalized spacial score (nSPS) is 21.0. The van der Waals surface area contributed by atoms with Crippen molar-refractivity contribution in [1.82, 2.24) is 4.98 Å². The first-order valence-corrected chi connectivity index (χ1v) is 5.23. The third-order valence-corrected chi connectivity index (χ3v) is 2.48. The summed E-state index contributed by atoms with van der Waals surface area (Å²) in [5, 5.41) is 3.41. The fourth-order valence-electron chi connectivity index (χ4n) is 1.70. The maximum absolute atomic E-state index is 5.40. The molecule has 0 spiro atoms. The van der Waals surface area contributed by atoms with Gasteiger partial charge >= 0.3 is 0 Å². The number of anilines is 1. The van der Waals surface area contributed by atoms with E-state index in [1.165, 1.54) is 0 Å². The highest BCUT2D eigenvalue weighted by molar-refractivity contribution is 5.45. The summed E-state index contributed by atoms with van der Waals surface area (Å²) in [6, 6.07) is 4.25. The number of nitrogens with zero attached hydrogens (tertiary/aromatic N) is 1. The SMILES string of the molecule is COc1cc(NC2CCCOC2)ccn1. The zero-order chi connectivity index (χ0) is 10.5. The van der Waals surface area contributed by atoms with Gasteiger partial charge in [0.15, 0.2) is 0 Å². The van der Waals surface area contributed by atoms with Gasteiger partial charge in [0.05, 0.1) is 13.7 Å². The molecule has 0 saturated carbocycles. The summed E-state index contributed by atoms with van der Waals surface area (Å²) in [4.78, 5) is 4.06. The second-order valence-electron chi connectivity index (χ2n) is 3.65. The summed E-state index contributed by atoms with van der Waals surface area (Å²) in [6.07, 6.45) is 4.02. The Kier molecular flexibility index (Phi) is 3.40. The molecule has 1 unspecified atom stereocenters. The van der Waals surface area contributed by atoms with E-state index in [0.717, 1.165) is 31.7 Å². The predicted octanol–water partition coefficient (Wildman–Crippen LogP) is 1.68. The molecule has 1 aliphatic heterocycles. The van der Waals surface area contributed by atoms with Crippen molar-refractivity contribution in [2.75, 3.05) is 25.6 Å². The van der Waals surface area contributed by atoms with Gasteiger partial charge in [0.25, 0.3) is 0 Å². The largest absolute Gasteiger partial charge is 0.481 e. The molecule has 1 aromatic heterocycles. The molecule has 1 aromatic rings. The van der Waals surface area contributed by atoms with Crippen LogP contribution in [0, 0.1) is 0 Å². The lowest BCUT2D eigenvalue weighted by molar-refractivity contribution is 0.0876. The van der Waals surface area contributed by atoms with Gasteiger partial charge in [-0.3, -0.25) is 0 Å². The Morgan fingerprint density at radius 1 is 1.60 bits per heavy atom. The van der Waals surface area contributed by atoms with Crippen molar-refractivity contribution in [2.45, 2.75) is 18.9 Å². The van der Waals surface area contributed by atoms with E-state index < -0.39 is 0 Å². The average molecular weight is 208 g/mol. The number of methoxy groups -OCH3 is 1. The monoisotopic (exact) mass is 208 g/mol. The molecule has 1 atom stereocenters. The molecule has 0 radical (unpaired) electrons. The van der Waals surface area contributed by atoms with E-state index in [1.807, 2.05) is 12.1 Å². The first-order chi connectivity index (χ1) is 7.38. The van der Waals surface area contributed by atoms with Gasteiger partial charge < -0.3 is 14.8 Å². The number of aromatic nitrogens is 1. The molecule has 0 aromatic carbocycles. The Morgan fingerprint density at radius 3 is 3.27 bits per heavy atom. The van der Waals surface area contributed by atoms with E-state index in [9.17, 15) is 0 Å². The molecule has 0 bridgehead atoms. The highest BCUT2D eigenvalue weighted by Crippen LogP contribution is 2.17. The van der Waals surface area contributed by atoms with Gasteiger partial charge in [-0.2, -0.15) is 0 Å². The summed E-state index contributed by atoms with van der Waals surface area (Å²) in [5.74, 6) is 0.636. The Bertz CT molecular complexity index is 311. The van der Waals surface area contributed by atoms with Gasteiger partial charge in [-0.1, -0.05) is 0 Å². The third kappa shape index (κ3) is 2.83. The average Bonchev–Trinajstić information content (AvgIpc) is 2.31. The van der Waals surface area contributed by atoms with Crippen molar-refractivity contribution in [3.8, 4) is 5.88 Å². The van der Waals surface area contributed by atoms with Crippen molar-refractivity contribution >= 4 is 5.69 Å². The quantitative estimate of drug-likeness (QED) is 0.820. The van der Waals surface area contributed by atoms with Gasteiger partial charge in [0.1, 0.15) is 0 Å². The van der Waals surface area contributed by atoms with Crippen LogP contribution in [0.15, 0.2) is 18.3 Å². The fourth-order valence-corrected chi connectivity index (χ4v) is 1.70. The van der Waals surface area contributed by atoms with E-state index in [1.54, 1.807) is 13.3 Å². The van der Waals surface area contributed by atoms with Crippen LogP contribution in [0.2, 0.25) is 0 Å². The Balaban J connectivity index is 1.96. The second-order valence-corrected chi connectivity index (χ2v) is 3.65. The van der Waals surface area contributed by atoms with Crippen molar-refractivity contribution in [3.05, 3.63) is 18.3 Å². The van der Waals surface area contributed by atoms with Crippen molar-refractivity contribution in [2.24, 2.45) is 0 Å². The van der Waals surface area contributed by atoms with Crippen LogP contribution in [0.1, 0.15) is 12.8 Å². The summed E-state index contributed by atoms with van der Waals surface area (Å²) in [6.45, 7) is 1.67. The van der Waals surface area contributed by atoms with Gasteiger partial charge in [-0.05, 0) is 18.9 Å².